The summed E-state index contributed by atoms with van der Waals surface area (Å²) in [6.45, 7) is 17.7. The van der Waals surface area contributed by atoms with E-state index in [0.717, 1.165) is 32.7 Å². The molecule has 32 heavy (non-hydrogen) atoms. The minimum Gasteiger partial charge on any atom is -0.372 e. The van der Waals surface area contributed by atoms with Crippen molar-refractivity contribution in [3.05, 3.63) is 59.7 Å². The molecule has 0 atom stereocenters. The van der Waals surface area contributed by atoms with Crippen molar-refractivity contribution in [3.63, 3.8) is 0 Å². The number of benzene rings is 2. The van der Waals surface area contributed by atoms with Crippen LogP contribution in [0, 0.1) is 0 Å². The minimum absolute atomic E-state index is 0.415. The second-order valence-electron chi connectivity index (χ2n) is 8.52. The van der Waals surface area contributed by atoms with Gasteiger partial charge in [-0.05, 0) is 70.5 Å². The lowest BCUT2D eigenvalue weighted by atomic mass is 9.84. The topological polar surface area (TPSA) is 18.8 Å². The van der Waals surface area contributed by atoms with Crippen molar-refractivity contribution in [2.45, 2.75) is 72.1 Å². The third kappa shape index (κ3) is 7.12. The molecule has 0 bridgehead atoms. The van der Waals surface area contributed by atoms with Crippen molar-refractivity contribution < 1.29 is 0 Å². The Bertz CT molecular complexity index is 722. The minimum atomic E-state index is 0.415. The van der Waals surface area contributed by atoms with Gasteiger partial charge in [-0.1, -0.05) is 62.1 Å². The average molecular weight is 436 g/mol. The summed E-state index contributed by atoms with van der Waals surface area (Å²) < 4.78 is 0. The molecule has 2 aromatic carbocycles. The molecule has 0 radical (unpaired) electrons. The van der Waals surface area contributed by atoms with Crippen LogP contribution in [0.2, 0.25) is 0 Å². The second-order valence-corrected chi connectivity index (χ2v) is 8.52. The Balaban J connectivity index is 2.37. The lowest BCUT2D eigenvalue weighted by molar-refractivity contribution is 0.573. The summed E-state index contributed by atoms with van der Waals surface area (Å²) in [5.74, 6) is 0.415. The van der Waals surface area contributed by atoms with Gasteiger partial charge >= 0.3 is 0 Å². The van der Waals surface area contributed by atoms with Crippen molar-refractivity contribution in [2.75, 3.05) is 42.5 Å². The molecule has 0 unspecified atom stereocenters. The van der Waals surface area contributed by atoms with Crippen LogP contribution in [0.25, 0.3) is 0 Å². The van der Waals surface area contributed by atoms with Gasteiger partial charge in [0.05, 0.1) is 0 Å². The van der Waals surface area contributed by atoms with Gasteiger partial charge in [-0.3, -0.25) is 0 Å². The molecule has 3 heteroatoms. The largest absolute Gasteiger partial charge is 0.372 e. The zero-order valence-electron chi connectivity index (χ0n) is 21.0. The van der Waals surface area contributed by atoms with Crippen LogP contribution < -0.4 is 9.80 Å². The van der Waals surface area contributed by atoms with Crippen LogP contribution in [0.5, 0.6) is 0 Å². The van der Waals surface area contributed by atoms with Gasteiger partial charge in [0, 0.05) is 50.0 Å². The Morgan fingerprint density at radius 1 is 0.656 bits per heavy atom. The van der Waals surface area contributed by atoms with E-state index < -0.39 is 0 Å². The first-order valence-electron chi connectivity index (χ1n) is 12.8. The number of aliphatic imine (C=N–C) groups is 1. The average Bonchev–Trinajstić information content (AvgIpc) is 2.83. The molecule has 2 aromatic rings. The third-order valence-corrected chi connectivity index (χ3v) is 6.64. The van der Waals surface area contributed by atoms with Gasteiger partial charge in [-0.2, -0.15) is 0 Å². The number of para-hydroxylation sites is 2. The molecule has 0 fully saturated rings. The molecule has 0 saturated carbocycles. The predicted molar refractivity (Wildman–Crippen MR) is 144 cm³/mol. The molecule has 0 aliphatic carbocycles. The van der Waals surface area contributed by atoms with Crippen LogP contribution in [0.4, 0.5) is 11.4 Å². The number of unbranched alkanes of at least 4 members (excludes halogenated alkanes) is 4. The summed E-state index contributed by atoms with van der Waals surface area (Å²) in [7, 11) is 0. The monoisotopic (exact) mass is 435 g/mol. The Morgan fingerprint density at radius 3 is 1.56 bits per heavy atom. The summed E-state index contributed by atoms with van der Waals surface area (Å²) in [4.78, 5) is 9.00. The van der Waals surface area contributed by atoms with Crippen LogP contribution in [0.15, 0.2) is 53.5 Å². The maximum absolute atomic E-state index is 3.99. The van der Waals surface area contributed by atoms with E-state index in [-0.39, 0.29) is 0 Å². The van der Waals surface area contributed by atoms with Crippen LogP contribution in [-0.4, -0.2) is 39.4 Å². The third-order valence-electron chi connectivity index (χ3n) is 6.64. The summed E-state index contributed by atoms with van der Waals surface area (Å²) in [6.07, 6.45) is 7.45. The van der Waals surface area contributed by atoms with E-state index in [4.69, 9.17) is 0 Å². The highest BCUT2D eigenvalue weighted by molar-refractivity contribution is 5.63. The van der Waals surface area contributed by atoms with Gasteiger partial charge in [0.1, 0.15) is 0 Å². The summed E-state index contributed by atoms with van der Waals surface area (Å²) in [6, 6.07) is 18.2. The Labute approximate surface area is 197 Å². The first-order valence-corrected chi connectivity index (χ1v) is 12.8. The molecule has 176 valence electrons. The highest BCUT2D eigenvalue weighted by Gasteiger charge is 2.23. The normalized spacial score (nSPS) is 11.0. The highest BCUT2D eigenvalue weighted by atomic mass is 15.1. The molecule has 0 heterocycles. The van der Waals surface area contributed by atoms with Gasteiger partial charge in [-0.25, -0.2) is 0 Å². The molecule has 0 aliphatic heterocycles. The van der Waals surface area contributed by atoms with E-state index >= 15 is 0 Å². The van der Waals surface area contributed by atoms with Crippen LogP contribution in [0.3, 0.4) is 0 Å². The molecule has 0 spiro atoms. The van der Waals surface area contributed by atoms with Gasteiger partial charge in [0.25, 0.3) is 0 Å². The van der Waals surface area contributed by atoms with Crippen LogP contribution >= 0.6 is 0 Å². The van der Waals surface area contributed by atoms with Gasteiger partial charge in [0.2, 0.25) is 0 Å². The van der Waals surface area contributed by atoms with E-state index in [1.807, 2.05) is 0 Å². The smallest absolute Gasteiger partial charge is 0.0404 e. The van der Waals surface area contributed by atoms with Crippen molar-refractivity contribution in [2.24, 2.45) is 4.99 Å². The summed E-state index contributed by atoms with van der Waals surface area (Å²) >= 11 is 0. The maximum atomic E-state index is 3.99. The van der Waals surface area contributed by atoms with Gasteiger partial charge in [-0.15, -0.1) is 0 Å². The molecule has 0 aromatic heterocycles. The highest BCUT2D eigenvalue weighted by Crippen LogP contribution is 2.40. The number of nitrogens with zero attached hydrogens (tertiary/aromatic N) is 3. The van der Waals surface area contributed by atoms with E-state index in [9.17, 15) is 0 Å². The second kappa shape index (κ2) is 14.7. The van der Waals surface area contributed by atoms with Crippen molar-refractivity contribution >= 4 is 18.1 Å². The SMILES string of the molecule is C=NCCCCCCCC(c1ccccc1N(CC)CC)c1ccccc1N(CC)CC. The molecular formula is C29H45N3. The maximum Gasteiger partial charge on any atom is 0.0404 e. The zero-order valence-corrected chi connectivity index (χ0v) is 21.0. The van der Waals surface area contributed by atoms with Gasteiger partial charge in [0.15, 0.2) is 0 Å². The van der Waals surface area contributed by atoms with Crippen molar-refractivity contribution in [3.8, 4) is 0 Å². The van der Waals surface area contributed by atoms with Crippen LogP contribution in [0.1, 0.15) is 83.3 Å². The standard InChI is InChI=1S/C29H45N3/c1-6-31(7-2)28-22-16-14-20-26(28)25(19-13-11-10-12-18-24-30-5)27-21-15-17-23-29(27)32(8-3)9-4/h14-17,20-23,25H,5-13,18-19,24H2,1-4H3. The predicted octanol–water partition coefficient (Wildman–Crippen LogP) is 7.55. The lowest BCUT2D eigenvalue weighted by Gasteiger charge is -2.32. The fraction of sp³-hybridized carbons (Fsp3) is 0.552. The van der Waals surface area contributed by atoms with E-state index in [1.165, 1.54) is 61.0 Å². The quantitative estimate of drug-likeness (QED) is 0.200. The molecule has 0 saturated heterocycles. The molecule has 0 aliphatic rings. The van der Waals surface area contributed by atoms with E-state index in [2.05, 4.69) is 97.7 Å². The Kier molecular flexibility index (Phi) is 11.9. The number of rotatable bonds is 16. The molecule has 0 N–H and O–H groups in total. The molecule has 0 amide bonds. The van der Waals surface area contributed by atoms with Crippen LogP contribution in [-0.2, 0) is 0 Å². The van der Waals surface area contributed by atoms with Crippen molar-refractivity contribution in [1.29, 1.82) is 0 Å². The lowest BCUT2D eigenvalue weighted by Crippen LogP contribution is -2.26. The van der Waals surface area contributed by atoms with Gasteiger partial charge < -0.3 is 14.8 Å². The number of hydrogen-bond donors (Lipinski definition) is 0. The molecule has 3 nitrogen and oxygen atoms in total. The first-order chi connectivity index (χ1) is 15.7. The summed E-state index contributed by atoms with van der Waals surface area (Å²) in [5, 5.41) is 0. The first kappa shape index (κ1) is 26.0. The summed E-state index contributed by atoms with van der Waals surface area (Å²) in [5.41, 5.74) is 5.75. The number of hydrogen-bond acceptors (Lipinski definition) is 3. The Morgan fingerprint density at radius 2 is 1.09 bits per heavy atom. The van der Waals surface area contributed by atoms with E-state index in [0.29, 0.717) is 5.92 Å². The van der Waals surface area contributed by atoms with E-state index in [1.54, 1.807) is 0 Å². The molecule has 2 rings (SSSR count). The fourth-order valence-electron chi connectivity index (χ4n) is 4.85. The van der Waals surface area contributed by atoms with Crippen molar-refractivity contribution in [1.82, 2.24) is 0 Å². The molecular weight excluding hydrogens is 390 g/mol. The Hall–Kier alpha value is -2.29. The number of anilines is 2. The zero-order chi connectivity index (χ0) is 23.2. The fourth-order valence-corrected chi connectivity index (χ4v) is 4.85.